The summed E-state index contributed by atoms with van der Waals surface area (Å²) in [5.74, 6) is -2.09. The topological polar surface area (TPSA) is 234 Å². The molecule has 74 heavy (non-hydrogen) atoms. The van der Waals surface area contributed by atoms with Gasteiger partial charge in [-0.2, -0.15) is 176 Å². The smallest absolute Gasteiger partial charge is 0.253 e. The second-order valence-electron chi connectivity index (χ2n) is 10.1. The second kappa shape index (κ2) is 109. The first kappa shape index (κ1) is 107. The van der Waals surface area contributed by atoms with Crippen molar-refractivity contribution < 1.29 is 47.8 Å². The second-order valence-corrected chi connectivity index (χ2v) is 11.1. The normalized spacial score (nSPS) is 11.0. The van der Waals surface area contributed by atoms with Gasteiger partial charge in [-0.25, -0.2) is 10.9 Å². The van der Waals surface area contributed by atoms with Gasteiger partial charge in [0.2, 0.25) is 35.4 Å². The minimum Gasteiger partial charge on any atom is -0.379 e. The van der Waals surface area contributed by atoms with E-state index in [-0.39, 0.29) is 112 Å². The molecule has 0 spiro atoms. The zero-order chi connectivity index (χ0) is 61.7. The van der Waals surface area contributed by atoms with Crippen molar-refractivity contribution in [3.63, 3.8) is 0 Å². The Morgan fingerprint density at radius 3 is 1.05 bits per heavy atom. The minimum absolute atomic E-state index is 0.0459. The van der Waals surface area contributed by atoms with Gasteiger partial charge in [0.05, 0.1) is 44.5 Å². The molecule has 32 heteroatoms. The Balaban J connectivity index is -0.0000000633. The zero-order valence-electron chi connectivity index (χ0n) is 46.5. The lowest BCUT2D eigenvalue weighted by molar-refractivity contribution is -0.140. The van der Waals surface area contributed by atoms with Crippen molar-refractivity contribution in [3.05, 3.63) is 12.2 Å². The molecule has 0 aliphatic carbocycles. The van der Waals surface area contributed by atoms with Crippen LogP contribution in [0.15, 0.2) is 12.2 Å². The third kappa shape index (κ3) is 81.5. The van der Waals surface area contributed by atoms with Gasteiger partial charge in [-0.15, -0.1) is 0 Å². The van der Waals surface area contributed by atoms with Crippen molar-refractivity contribution in [1.82, 2.24) is 42.1 Å². The number of nitrogens with one attached hydrogen (secondary N) is 6. The molecular formula is C42H100N8O10S14. The van der Waals surface area contributed by atoms with Gasteiger partial charge in [-0.3, -0.25) is 59.0 Å². The number of carbonyl (C=O) groups is 8. The van der Waals surface area contributed by atoms with E-state index in [0.717, 1.165) is 9.80 Å². The maximum Gasteiger partial charge on any atom is 0.253 e. The van der Waals surface area contributed by atoms with Gasteiger partial charge in [0.1, 0.15) is 0 Å². The van der Waals surface area contributed by atoms with Crippen molar-refractivity contribution >= 4 is 223 Å². The van der Waals surface area contributed by atoms with Crippen LogP contribution in [0, 0.1) is 0 Å². The average molecular weight is 1330 g/mol. The molecule has 1 saturated heterocycles. The van der Waals surface area contributed by atoms with E-state index < -0.39 is 11.8 Å². The van der Waals surface area contributed by atoms with E-state index in [9.17, 15) is 38.4 Å². The fourth-order valence-corrected chi connectivity index (χ4v) is 4.52. The van der Waals surface area contributed by atoms with Crippen molar-refractivity contribution in [2.24, 2.45) is 0 Å². The van der Waals surface area contributed by atoms with E-state index >= 15 is 0 Å². The van der Waals surface area contributed by atoms with Crippen LogP contribution >= 0.6 is 176 Å². The highest BCUT2D eigenvalue weighted by atomic mass is 32.2. The van der Waals surface area contributed by atoms with Crippen LogP contribution in [-0.2, 0) is 47.8 Å². The number of carbonyl (C=O) groups excluding carboxylic acids is 8. The SMILES string of the molecule is CCNNC(=O)CCOCCNC(=O)CCN1C(=O)C=CC1=O.CCNNC(=O)CCOCCNC(=O)CCN1C(=O)CC(SC)C1=O.CS.CS.CS.CS.CS.CS.CS.CS.CS.CS.CS.CS.CS. The highest BCUT2D eigenvalue weighted by Crippen LogP contribution is 2.23. The number of nitrogens with zero attached hydrogens (tertiary/aromatic N) is 2. The van der Waals surface area contributed by atoms with E-state index in [1.54, 1.807) is 87.6 Å². The summed E-state index contributed by atoms with van der Waals surface area (Å²) in [7, 11) is 0. The molecule has 0 aromatic rings. The van der Waals surface area contributed by atoms with Crippen molar-refractivity contribution in [1.29, 1.82) is 0 Å². The number of hydrogen-bond donors (Lipinski definition) is 19. The highest BCUT2D eigenvalue weighted by Gasteiger charge is 2.37. The maximum absolute atomic E-state index is 11.9. The van der Waals surface area contributed by atoms with Gasteiger partial charge < -0.3 is 20.1 Å². The van der Waals surface area contributed by atoms with E-state index in [4.69, 9.17) is 9.47 Å². The number of thiol groups is 13. The Hall–Kier alpha value is 0.640. The van der Waals surface area contributed by atoms with Crippen molar-refractivity contribution in [3.8, 4) is 0 Å². The van der Waals surface area contributed by atoms with Gasteiger partial charge >= 0.3 is 0 Å². The third-order valence-corrected chi connectivity index (χ3v) is 7.34. The van der Waals surface area contributed by atoms with Crippen LogP contribution in [0.1, 0.15) is 46.0 Å². The number of hydrogen-bond acceptors (Lipinski definition) is 26. The number of thioether (sulfide) groups is 1. The molecule has 0 aromatic heterocycles. The van der Waals surface area contributed by atoms with Gasteiger partial charge in [0.15, 0.2) is 0 Å². The lowest BCUT2D eigenvalue weighted by Crippen LogP contribution is -2.37. The zero-order valence-corrected chi connectivity index (χ0v) is 59.0. The summed E-state index contributed by atoms with van der Waals surface area (Å²) in [6.07, 6.45) is 27.0. The number of imide groups is 2. The molecule has 1 atom stereocenters. The summed E-state index contributed by atoms with van der Waals surface area (Å²) in [5.41, 5.74) is 10.4. The molecule has 1 fully saturated rings. The molecule has 2 rings (SSSR count). The van der Waals surface area contributed by atoms with Crippen LogP contribution in [0.3, 0.4) is 0 Å². The molecule has 1 unspecified atom stereocenters. The van der Waals surface area contributed by atoms with Crippen LogP contribution in [0.25, 0.3) is 0 Å². The van der Waals surface area contributed by atoms with Gasteiger partial charge in [0.25, 0.3) is 11.8 Å². The van der Waals surface area contributed by atoms with Crippen molar-refractivity contribution in [2.45, 2.75) is 51.2 Å². The lowest BCUT2D eigenvalue weighted by atomic mass is 10.3. The Morgan fingerprint density at radius 2 is 0.784 bits per heavy atom. The van der Waals surface area contributed by atoms with Crippen LogP contribution < -0.4 is 32.3 Å². The van der Waals surface area contributed by atoms with Gasteiger partial charge in [0, 0.05) is 70.7 Å². The summed E-state index contributed by atoms with van der Waals surface area (Å²) in [6, 6.07) is 0. The largest absolute Gasteiger partial charge is 0.379 e. The Bertz CT molecular complexity index is 1170. The molecule has 0 bridgehead atoms. The van der Waals surface area contributed by atoms with Crippen LogP contribution in [0.5, 0.6) is 0 Å². The van der Waals surface area contributed by atoms with Crippen LogP contribution in [-0.4, -0.2) is 216 Å². The molecule has 18 nitrogen and oxygen atoms in total. The standard InChI is InChI=1S/C15H26N4O5S.C14H22N4O5.13CH4S/c1-3-17-18-13(21)5-8-24-9-6-16-12(20)4-7-19-14(22)10-11(25-2)15(19)23;1-2-16-17-12(20)6-9-23-10-7-15-11(19)5-8-18-13(21)3-4-14(18)22;13*1-2/h11,17H,3-10H2,1-2H3,(H,16,20)(H,18,21);3-4,16H,2,5-10H2,1H3,(H,15,19)(H,17,20);13*2H,1H3. The summed E-state index contributed by atoms with van der Waals surface area (Å²) in [4.78, 5) is 94.1. The van der Waals surface area contributed by atoms with Crippen LogP contribution in [0.2, 0.25) is 0 Å². The molecule has 452 valence electrons. The van der Waals surface area contributed by atoms with Gasteiger partial charge in [-0.05, 0) is 87.6 Å². The molecule has 8 amide bonds. The summed E-state index contributed by atoms with van der Waals surface area (Å²) >= 11 is 47.2. The fraction of sp³-hybridized carbons (Fsp3) is 0.762. The summed E-state index contributed by atoms with van der Waals surface area (Å²) in [6.45, 7) is 6.89. The molecule has 6 N–H and O–H groups in total. The van der Waals surface area contributed by atoms with E-state index in [1.165, 1.54) is 23.9 Å². The minimum atomic E-state index is -0.401. The van der Waals surface area contributed by atoms with E-state index in [2.05, 4.69) is 197 Å². The Morgan fingerprint density at radius 1 is 0.486 bits per heavy atom. The van der Waals surface area contributed by atoms with Gasteiger partial charge in [-0.1, -0.05) is 13.8 Å². The monoisotopic (exact) mass is 1320 g/mol. The van der Waals surface area contributed by atoms with E-state index in [1.807, 2.05) is 13.8 Å². The Labute approximate surface area is 524 Å². The summed E-state index contributed by atoms with van der Waals surface area (Å²) in [5, 5.41) is 4.94. The molecular weight excluding hydrogens is 1230 g/mol. The predicted octanol–water partition coefficient (Wildman–Crippen LogP) is 4.59. The first-order valence-corrected chi connectivity index (χ1v) is 34.4. The highest BCUT2D eigenvalue weighted by molar-refractivity contribution is 8.00. The third-order valence-electron chi connectivity index (χ3n) is 6.41. The maximum atomic E-state index is 11.9. The molecule has 2 heterocycles. The van der Waals surface area contributed by atoms with E-state index in [0.29, 0.717) is 26.2 Å². The number of rotatable bonds is 23. The average Bonchev–Trinajstić information content (AvgIpc) is 3.97. The number of hydrazine groups is 2. The molecule has 2 aliphatic rings. The predicted molar refractivity (Wildman–Crippen MR) is 368 cm³/mol. The summed E-state index contributed by atoms with van der Waals surface area (Å²) < 4.78 is 10.5. The fourth-order valence-electron chi connectivity index (χ4n) is 3.88. The van der Waals surface area contributed by atoms with Crippen molar-refractivity contribution in [2.75, 3.05) is 153 Å². The quantitative estimate of drug-likeness (QED) is 0.0291. The molecule has 0 saturated carbocycles. The number of ether oxygens (including phenoxy) is 2. The lowest BCUT2D eigenvalue weighted by Gasteiger charge is -2.14. The number of amides is 8. The Kier molecular flexibility index (Phi) is 157. The molecule has 2 aliphatic heterocycles. The number of likely N-dealkylation sites (tertiary alicyclic amines) is 1. The molecule has 0 radical (unpaired) electrons. The molecule has 0 aromatic carbocycles. The van der Waals surface area contributed by atoms with Crippen LogP contribution in [0.4, 0.5) is 0 Å². The first-order chi connectivity index (χ1) is 36.0. The first-order valence-electron chi connectivity index (χ1n) is 21.5.